The molecule has 0 fully saturated rings. The number of fused-ring (bicyclic) bond motifs is 1. The molecule has 0 radical (unpaired) electrons. The molecule has 0 saturated carbocycles. The van der Waals surface area contributed by atoms with E-state index in [0.29, 0.717) is 16.5 Å². The third kappa shape index (κ3) is 3.47. The second kappa shape index (κ2) is 7.87. The second-order valence-corrected chi connectivity index (χ2v) is 6.19. The van der Waals surface area contributed by atoms with Crippen molar-refractivity contribution in [3.63, 3.8) is 0 Å². The van der Waals surface area contributed by atoms with Gasteiger partial charge in [-0.25, -0.2) is 4.79 Å². The van der Waals surface area contributed by atoms with Gasteiger partial charge in [0.15, 0.2) is 5.78 Å². The minimum absolute atomic E-state index is 0.0617. The molecule has 0 bridgehead atoms. The highest BCUT2D eigenvalue weighted by Gasteiger charge is 2.32. The van der Waals surface area contributed by atoms with E-state index in [-0.39, 0.29) is 22.7 Å². The van der Waals surface area contributed by atoms with Crippen LogP contribution in [-0.4, -0.2) is 10.9 Å². The number of allylic oxidation sites excluding steroid dienone is 8. The van der Waals surface area contributed by atoms with Gasteiger partial charge >= 0.3 is 5.63 Å². The summed E-state index contributed by atoms with van der Waals surface area (Å²) in [5.41, 5.74) is 0.441. The summed E-state index contributed by atoms with van der Waals surface area (Å²) in [7, 11) is 0. The number of rotatable bonds is 6. The van der Waals surface area contributed by atoms with Crippen LogP contribution in [0.2, 0.25) is 0 Å². The number of aromatic hydroxyl groups is 1. The molecule has 1 heterocycles. The van der Waals surface area contributed by atoms with Crippen LogP contribution in [0.15, 0.2) is 94.2 Å². The van der Waals surface area contributed by atoms with Crippen LogP contribution in [0.25, 0.3) is 11.0 Å². The third-order valence-electron chi connectivity index (χ3n) is 4.53. The molecule has 1 atom stereocenters. The maximum atomic E-state index is 13.3. The van der Waals surface area contributed by atoms with E-state index in [1.165, 1.54) is 18.2 Å². The molecule has 0 saturated heterocycles. The molecule has 1 aromatic carbocycles. The Labute approximate surface area is 157 Å². The van der Waals surface area contributed by atoms with Gasteiger partial charge in [0, 0.05) is 5.57 Å². The number of benzene rings is 1. The summed E-state index contributed by atoms with van der Waals surface area (Å²) in [6, 6.07) is 6.69. The van der Waals surface area contributed by atoms with E-state index < -0.39 is 11.5 Å². The van der Waals surface area contributed by atoms with Crippen molar-refractivity contribution in [2.45, 2.75) is 18.8 Å². The third-order valence-corrected chi connectivity index (χ3v) is 4.53. The zero-order valence-corrected chi connectivity index (χ0v) is 14.9. The molecule has 0 amide bonds. The molecule has 136 valence electrons. The summed E-state index contributed by atoms with van der Waals surface area (Å²) >= 11 is 0. The first-order valence-corrected chi connectivity index (χ1v) is 8.69. The van der Waals surface area contributed by atoms with E-state index >= 15 is 0 Å². The zero-order valence-electron chi connectivity index (χ0n) is 14.9. The lowest BCUT2D eigenvalue weighted by atomic mass is 9.82. The fourth-order valence-electron chi connectivity index (χ4n) is 3.24. The summed E-state index contributed by atoms with van der Waals surface area (Å²) in [5, 5.41) is 11.2. The number of carbonyl (C=O) groups is 1. The van der Waals surface area contributed by atoms with Crippen LogP contribution in [-0.2, 0) is 4.79 Å². The molecule has 1 aliphatic rings. The number of carbonyl (C=O) groups excluding carboxylic acids is 1. The minimum Gasteiger partial charge on any atom is -0.507 e. The lowest BCUT2D eigenvalue weighted by molar-refractivity contribution is -0.115. The SMILES string of the molecule is C=C/C=C(\C=C)C(=O)C(C1=CCCC=C1)c1c(O)c2ccccc2oc1=O. The molecule has 1 aromatic heterocycles. The average molecular weight is 360 g/mol. The Morgan fingerprint density at radius 3 is 2.67 bits per heavy atom. The van der Waals surface area contributed by atoms with Crippen molar-refractivity contribution in [2.24, 2.45) is 0 Å². The molecule has 0 aliphatic heterocycles. The Kier molecular flexibility index (Phi) is 5.36. The molecule has 3 rings (SSSR count). The molecule has 0 spiro atoms. The molecular weight excluding hydrogens is 340 g/mol. The lowest BCUT2D eigenvalue weighted by Crippen LogP contribution is -2.23. The van der Waals surface area contributed by atoms with Gasteiger partial charge in [0.25, 0.3) is 0 Å². The normalized spacial score (nSPS) is 15.3. The van der Waals surface area contributed by atoms with Crippen molar-refractivity contribution in [1.82, 2.24) is 0 Å². The maximum Gasteiger partial charge on any atom is 0.344 e. The van der Waals surface area contributed by atoms with Gasteiger partial charge in [0.2, 0.25) is 0 Å². The predicted octanol–water partition coefficient (Wildman–Crippen LogP) is 4.73. The smallest absolute Gasteiger partial charge is 0.344 e. The number of para-hydroxylation sites is 1. The highest BCUT2D eigenvalue weighted by Crippen LogP contribution is 2.37. The van der Waals surface area contributed by atoms with Gasteiger partial charge in [-0.05, 0) is 30.5 Å². The number of Topliss-reactive ketones (excluding diaryl/α,β-unsaturated/α-hetero) is 1. The summed E-state index contributed by atoms with van der Waals surface area (Å²) in [6.45, 7) is 7.30. The molecule has 4 nitrogen and oxygen atoms in total. The predicted molar refractivity (Wildman–Crippen MR) is 107 cm³/mol. The van der Waals surface area contributed by atoms with Crippen LogP contribution >= 0.6 is 0 Å². The van der Waals surface area contributed by atoms with Gasteiger partial charge in [0.1, 0.15) is 11.3 Å². The van der Waals surface area contributed by atoms with E-state index in [4.69, 9.17) is 4.42 Å². The van der Waals surface area contributed by atoms with Crippen molar-refractivity contribution in [3.8, 4) is 5.75 Å². The van der Waals surface area contributed by atoms with Crippen LogP contribution in [0.1, 0.15) is 24.3 Å². The molecule has 2 aromatic rings. The monoisotopic (exact) mass is 360 g/mol. The molecule has 1 aliphatic carbocycles. The second-order valence-electron chi connectivity index (χ2n) is 6.19. The van der Waals surface area contributed by atoms with Crippen molar-refractivity contribution >= 4 is 16.8 Å². The molecule has 1 N–H and O–H groups in total. The van der Waals surface area contributed by atoms with E-state index in [0.717, 1.165) is 12.8 Å². The Balaban J connectivity index is 2.28. The van der Waals surface area contributed by atoms with E-state index in [9.17, 15) is 14.7 Å². The van der Waals surface area contributed by atoms with Crippen molar-refractivity contribution < 1.29 is 14.3 Å². The number of ketones is 1. The number of hydrogen-bond donors (Lipinski definition) is 1. The molecule has 27 heavy (non-hydrogen) atoms. The fraction of sp³-hybridized carbons (Fsp3) is 0.130. The molecule has 4 heteroatoms. The summed E-state index contributed by atoms with van der Waals surface area (Å²) in [5.74, 6) is -1.56. The quantitative estimate of drug-likeness (QED) is 0.459. The first-order chi connectivity index (χ1) is 13.1. The maximum absolute atomic E-state index is 13.3. The van der Waals surface area contributed by atoms with E-state index in [1.807, 2.05) is 18.2 Å². The van der Waals surface area contributed by atoms with Gasteiger partial charge in [-0.2, -0.15) is 0 Å². The summed E-state index contributed by atoms with van der Waals surface area (Å²) in [6.07, 6.45) is 11.7. The topological polar surface area (TPSA) is 67.5 Å². The van der Waals surface area contributed by atoms with Crippen LogP contribution in [0.5, 0.6) is 5.75 Å². The Morgan fingerprint density at radius 1 is 1.22 bits per heavy atom. The van der Waals surface area contributed by atoms with E-state index in [2.05, 4.69) is 13.2 Å². The van der Waals surface area contributed by atoms with E-state index in [1.54, 1.807) is 24.3 Å². The van der Waals surface area contributed by atoms with Gasteiger partial charge in [-0.3, -0.25) is 4.79 Å². The van der Waals surface area contributed by atoms with Gasteiger partial charge in [-0.1, -0.05) is 61.7 Å². The Hall–Kier alpha value is -3.40. The summed E-state index contributed by atoms with van der Waals surface area (Å²) < 4.78 is 5.38. The highest BCUT2D eigenvalue weighted by molar-refractivity contribution is 6.06. The van der Waals surface area contributed by atoms with Crippen LogP contribution < -0.4 is 5.63 Å². The van der Waals surface area contributed by atoms with Crippen molar-refractivity contribution in [2.75, 3.05) is 0 Å². The first kappa shape index (κ1) is 18.4. The van der Waals surface area contributed by atoms with Crippen LogP contribution in [0.3, 0.4) is 0 Å². The Bertz CT molecular complexity index is 1060. The fourth-order valence-corrected chi connectivity index (χ4v) is 3.24. The van der Waals surface area contributed by atoms with Gasteiger partial charge < -0.3 is 9.52 Å². The number of hydrogen-bond acceptors (Lipinski definition) is 4. The molecular formula is C23H20O4. The largest absolute Gasteiger partial charge is 0.507 e. The Morgan fingerprint density at radius 2 is 2.00 bits per heavy atom. The van der Waals surface area contributed by atoms with Crippen LogP contribution in [0, 0.1) is 0 Å². The van der Waals surface area contributed by atoms with Crippen molar-refractivity contribution in [1.29, 1.82) is 0 Å². The zero-order chi connectivity index (χ0) is 19.4. The van der Waals surface area contributed by atoms with Gasteiger partial charge in [0.05, 0.1) is 16.9 Å². The van der Waals surface area contributed by atoms with Gasteiger partial charge in [-0.15, -0.1) is 0 Å². The van der Waals surface area contributed by atoms with Crippen molar-refractivity contribution in [3.05, 3.63) is 101 Å². The average Bonchev–Trinajstić information content (AvgIpc) is 2.69. The molecule has 1 unspecified atom stereocenters. The minimum atomic E-state index is -0.980. The first-order valence-electron chi connectivity index (χ1n) is 8.69. The standard InChI is InChI=1S/C23H20O4/c1-3-10-15(4-2)21(24)19(16-11-6-5-7-12-16)20-22(25)17-13-8-9-14-18(17)27-23(20)26/h3-4,6,8-14,19,25H,1-2,5,7H2/b15-10+. The highest BCUT2D eigenvalue weighted by atomic mass is 16.4. The van der Waals surface area contributed by atoms with Crippen LogP contribution in [0.4, 0.5) is 0 Å². The summed E-state index contributed by atoms with van der Waals surface area (Å²) in [4.78, 5) is 26.0. The lowest BCUT2D eigenvalue weighted by Gasteiger charge is -2.20.